The molecule has 0 spiro atoms. The van der Waals surface area contributed by atoms with Crippen LogP contribution in [0, 0.1) is 0 Å². The van der Waals surface area contributed by atoms with E-state index < -0.39 is 11.6 Å². The van der Waals surface area contributed by atoms with Crippen LogP contribution >= 0.6 is 15.9 Å². The molecule has 3 aromatic rings. The molecule has 3 nitrogen and oxygen atoms in total. The normalized spacial score (nSPS) is 12.8. The van der Waals surface area contributed by atoms with E-state index in [1.807, 2.05) is 99.6 Å². The molecule has 0 fully saturated rings. The molecule has 4 heteroatoms. The summed E-state index contributed by atoms with van der Waals surface area (Å²) in [6.07, 6.45) is 0.456. The Bertz CT molecular complexity index is 962. The first kappa shape index (κ1) is 21.4. The Morgan fingerprint density at radius 3 is 2.10 bits per heavy atom. The van der Waals surface area contributed by atoms with E-state index in [0.29, 0.717) is 17.5 Å². The minimum atomic E-state index is -0.559. The topological polar surface area (TPSA) is 40.2 Å². The van der Waals surface area contributed by atoms with Crippen molar-refractivity contribution in [3.8, 4) is 0 Å². The summed E-state index contributed by atoms with van der Waals surface area (Å²) in [7, 11) is 0. The summed E-state index contributed by atoms with van der Waals surface area (Å²) in [6.45, 7) is 5.73. The number of hydrogen-bond acceptors (Lipinski definition) is 2. The fourth-order valence-electron chi connectivity index (χ4n) is 3.36. The van der Waals surface area contributed by atoms with Gasteiger partial charge in [-0.1, -0.05) is 82.7 Å². The van der Waals surface area contributed by atoms with Crippen molar-refractivity contribution in [3.05, 3.63) is 106 Å². The van der Waals surface area contributed by atoms with Crippen molar-refractivity contribution in [3.63, 3.8) is 0 Å². The lowest BCUT2D eigenvalue weighted by Gasteiger charge is -2.35. The van der Waals surface area contributed by atoms with Crippen LogP contribution in [0.2, 0.25) is 0 Å². The molecule has 0 aliphatic heterocycles. The SMILES string of the molecule is CC(C)(C)N([O])C(Cc1ccccc1C(=O)c1ccccc1)c1ccc(Br)cc1. The Morgan fingerprint density at radius 1 is 0.897 bits per heavy atom. The smallest absolute Gasteiger partial charge is 0.193 e. The van der Waals surface area contributed by atoms with Crippen LogP contribution in [0.3, 0.4) is 0 Å². The monoisotopic (exact) mass is 450 g/mol. The molecule has 1 atom stereocenters. The van der Waals surface area contributed by atoms with Crippen LogP contribution in [0.15, 0.2) is 83.3 Å². The minimum absolute atomic E-state index is 0.0241. The minimum Gasteiger partial charge on any atom is -0.289 e. The predicted molar refractivity (Wildman–Crippen MR) is 119 cm³/mol. The van der Waals surface area contributed by atoms with Crippen molar-refractivity contribution in [1.29, 1.82) is 0 Å². The van der Waals surface area contributed by atoms with E-state index in [0.717, 1.165) is 20.7 Å². The summed E-state index contributed by atoms with van der Waals surface area (Å²) < 4.78 is 0.966. The van der Waals surface area contributed by atoms with E-state index in [9.17, 15) is 10.0 Å². The molecule has 149 valence electrons. The van der Waals surface area contributed by atoms with Crippen molar-refractivity contribution in [2.75, 3.05) is 0 Å². The van der Waals surface area contributed by atoms with E-state index >= 15 is 0 Å². The zero-order valence-corrected chi connectivity index (χ0v) is 18.5. The van der Waals surface area contributed by atoms with Gasteiger partial charge in [-0.3, -0.25) is 4.79 Å². The maximum absolute atomic E-state index is 13.2. The van der Waals surface area contributed by atoms with Gasteiger partial charge in [0.15, 0.2) is 5.78 Å². The van der Waals surface area contributed by atoms with Gasteiger partial charge in [-0.2, -0.15) is 0 Å². The second-order valence-electron chi connectivity index (χ2n) is 8.12. The zero-order valence-electron chi connectivity index (χ0n) is 16.9. The largest absolute Gasteiger partial charge is 0.289 e. The Kier molecular flexibility index (Phi) is 6.68. The molecule has 0 aliphatic rings. The van der Waals surface area contributed by atoms with Crippen LogP contribution in [0.25, 0.3) is 0 Å². The molecule has 3 rings (SSSR count). The maximum Gasteiger partial charge on any atom is 0.193 e. The molecule has 3 aromatic carbocycles. The van der Waals surface area contributed by atoms with Crippen LogP contribution < -0.4 is 0 Å². The van der Waals surface area contributed by atoms with E-state index in [1.54, 1.807) is 0 Å². The van der Waals surface area contributed by atoms with Crippen molar-refractivity contribution in [2.24, 2.45) is 0 Å². The molecule has 29 heavy (non-hydrogen) atoms. The number of nitrogens with zero attached hydrogens (tertiary/aromatic N) is 1. The van der Waals surface area contributed by atoms with Gasteiger partial charge in [-0.15, -0.1) is 10.3 Å². The quantitative estimate of drug-likeness (QED) is 0.321. The van der Waals surface area contributed by atoms with Crippen molar-refractivity contribution in [2.45, 2.75) is 38.8 Å². The number of rotatable bonds is 6. The van der Waals surface area contributed by atoms with E-state index in [4.69, 9.17) is 0 Å². The lowest BCUT2D eigenvalue weighted by molar-refractivity contribution is -0.241. The summed E-state index contributed by atoms with van der Waals surface area (Å²) in [5.74, 6) is -0.0241. The van der Waals surface area contributed by atoms with Crippen LogP contribution in [0.5, 0.6) is 0 Å². The first-order valence-corrected chi connectivity index (χ1v) is 10.5. The number of benzene rings is 3. The van der Waals surface area contributed by atoms with Gasteiger partial charge < -0.3 is 0 Å². The molecular weight excluding hydrogens is 426 g/mol. The molecule has 1 radical (unpaired) electrons. The number of carbonyl (C=O) groups excluding carboxylic acids is 1. The van der Waals surface area contributed by atoms with E-state index in [1.165, 1.54) is 0 Å². The average Bonchev–Trinajstić information content (AvgIpc) is 2.72. The Labute approximate surface area is 181 Å². The van der Waals surface area contributed by atoms with Crippen LogP contribution in [0.4, 0.5) is 0 Å². The molecule has 0 bridgehead atoms. The molecule has 0 heterocycles. The summed E-state index contributed by atoms with van der Waals surface area (Å²) in [5.41, 5.74) is 2.54. The van der Waals surface area contributed by atoms with E-state index in [-0.39, 0.29) is 5.78 Å². The summed E-state index contributed by atoms with van der Waals surface area (Å²) >= 11 is 3.46. The number of halogens is 1. The van der Waals surface area contributed by atoms with Gasteiger partial charge in [0.2, 0.25) is 0 Å². The molecule has 0 N–H and O–H groups in total. The summed E-state index contributed by atoms with van der Waals surface area (Å²) in [6, 6.07) is 24.3. The van der Waals surface area contributed by atoms with Crippen molar-refractivity contribution in [1.82, 2.24) is 5.06 Å². The molecule has 1 unspecified atom stereocenters. The molecular formula is C25H25BrNO2. The van der Waals surface area contributed by atoms with Gasteiger partial charge in [0.05, 0.1) is 6.04 Å². The van der Waals surface area contributed by atoms with Gasteiger partial charge in [0.1, 0.15) is 0 Å². The first-order valence-electron chi connectivity index (χ1n) is 9.67. The average molecular weight is 451 g/mol. The lowest BCUT2D eigenvalue weighted by Crippen LogP contribution is -2.41. The van der Waals surface area contributed by atoms with Gasteiger partial charge in [0, 0.05) is 21.1 Å². The highest BCUT2D eigenvalue weighted by molar-refractivity contribution is 9.10. The fourth-order valence-corrected chi connectivity index (χ4v) is 3.63. The number of hydrogen-bond donors (Lipinski definition) is 0. The van der Waals surface area contributed by atoms with Crippen LogP contribution in [-0.2, 0) is 11.6 Å². The van der Waals surface area contributed by atoms with Gasteiger partial charge in [-0.25, -0.2) is 0 Å². The highest BCUT2D eigenvalue weighted by Crippen LogP contribution is 2.32. The molecule has 0 aliphatic carbocycles. The Morgan fingerprint density at radius 2 is 1.48 bits per heavy atom. The molecule has 0 amide bonds. The second kappa shape index (κ2) is 9.04. The third-order valence-corrected chi connectivity index (χ3v) is 5.44. The third-order valence-electron chi connectivity index (χ3n) is 4.91. The molecule has 0 aromatic heterocycles. The Balaban J connectivity index is 2.00. The van der Waals surface area contributed by atoms with Gasteiger partial charge in [0.25, 0.3) is 0 Å². The van der Waals surface area contributed by atoms with Crippen LogP contribution in [0.1, 0.15) is 53.9 Å². The first-order chi connectivity index (χ1) is 13.8. The highest BCUT2D eigenvalue weighted by Gasteiger charge is 2.31. The number of hydroxylamine groups is 2. The van der Waals surface area contributed by atoms with Crippen LogP contribution in [-0.4, -0.2) is 16.4 Å². The number of ketones is 1. The van der Waals surface area contributed by atoms with E-state index in [2.05, 4.69) is 15.9 Å². The maximum atomic E-state index is 13.2. The number of carbonyl (C=O) groups is 1. The van der Waals surface area contributed by atoms with Gasteiger partial charge in [-0.05, 0) is 50.5 Å². The third kappa shape index (κ3) is 5.21. The van der Waals surface area contributed by atoms with Crippen molar-refractivity contribution >= 4 is 21.7 Å². The summed E-state index contributed by atoms with van der Waals surface area (Å²) in [5, 5.41) is 14.4. The van der Waals surface area contributed by atoms with Crippen molar-refractivity contribution < 1.29 is 10.0 Å². The standard InChI is InChI=1S/C25H25BrNO2/c1-25(2,3)27(29)23(18-13-15-21(26)16-14-18)17-20-11-7-8-12-22(20)24(28)19-9-5-4-6-10-19/h4-16,23H,17H2,1-3H3. The highest BCUT2D eigenvalue weighted by atomic mass is 79.9. The fraction of sp³-hybridized carbons (Fsp3) is 0.240. The molecule has 0 saturated heterocycles. The lowest BCUT2D eigenvalue weighted by atomic mass is 9.90. The predicted octanol–water partition coefficient (Wildman–Crippen LogP) is 6.41. The zero-order chi connectivity index (χ0) is 21.0. The Hall–Kier alpha value is -2.27. The summed E-state index contributed by atoms with van der Waals surface area (Å²) in [4.78, 5) is 13.1. The molecule has 0 saturated carbocycles. The van der Waals surface area contributed by atoms with Gasteiger partial charge >= 0.3 is 0 Å². The second-order valence-corrected chi connectivity index (χ2v) is 9.04.